The van der Waals surface area contributed by atoms with Crippen molar-refractivity contribution in [1.82, 2.24) is 0 Å². The maximum absolute atomic E-state index is 12.7. The highest BCUT2D eigenvalue weighted by atomic mass is 32.2. The first-order valence-corrected chi connectivity index (χ1v) is 21.0. The Hall–Kier alpha value is -3.10. The number of thioether (sulfide) groups is 2. The number of esters is 2. The van der Waals surface area contributed by atoms with Crippen molar-refractivity contribution in [2.75, 3.05) is 18.1 Å². The summed E-state index contributed by atoms with van der Waals surface area (Å²) in [5, 5.41) is 1.18. The number of ether oxygens (including phenoxy) is 4. The molecule has 6 nitrogen and oxygen atoms in total. The lowest BCUT2D eigenvalue weighted by atomic mass is 9.96. The third-order valence-electron chi connectivity index (χ3n) is 9.85. The van der Waals surface area contributed by atoms with Crippen molar-refractivity contribution < 1.29 is 31.4 Å². The highest BCUT2D eigenvalue weighted by Crippen LogP contribution is 2.38. The topological polar surface area (TPSA) is 71.1 Å². The molecule has 288 valence electrons. The van der Waals surface area contributed by atoms with Gasteiger partial charge in [-0.1, -0.05) is 51.7 Å². The summed E-state index contributed by atoms with van der Waals surface area (Å²) in [5.41, 5.74) is 6.13. The molecule has 2 fully saturated rings. The smallest absolute Gasteiger partial charge is 0.338 e. The summed E-state index contributed by atoms with van der Waals surface area (Å²) >= 11 is 3.78. The van der Waals surface area contributed by atoms with Gasteiger partial charge in [-0.05, 0) is 139 Å². The second kappa shape index (κ2) is 19.3. The SMILES string of the molecule is C=C(C)C(=O)O/C(C)=C(\CSC1CCCCC1)Oc1c(C)cc(-c2cc(C)c(OCC(C)(CSC3CCCCC3)OC(=O)C(=C)C)c(C)c2)cc1C.[HH].[HH]. The van der Waals surface area contributed by atoms with Crippen LogP contribution in [-0.4, -0.2) is 46.2 Å². The fraction of sp³-hybridized carbons (Fsp3) is 0.545. The summed E-state index contributed by atoms with van der Waals surface area (Å²) in [6.45, 7) is 23.1. The molecule has 0 heterocycles. The highest BCUT2D eigenvalue weighted by Gasteiger charge is 2.33. The van der Waals surface area contributed by atoms with Gasteiger partial charge in [0.1, 0.15) is 23.9 Å². The minimum Gasteiger partial charge on any atom is -0.489 e. The van der Waals surface area contributed by atoms with Gasteiger partial charge in [-0.3, -0.25) is 0 Å². The molecular formula is C44H64O6S2. The van der Waals surface area contributed by atoms with E-state index in [2.05, 4.69) is 65.1 Å². The molecular weight excluding hydrogens is 689 g/mol. The molecule has 4 rings (SSSR count). The molecule has 52 heavy (non-hydrogen) atoms. The first-order valence-electron chi connectivity index (χ1n) is 18.9. The first-order chi connectivity index (χ1) is 24.7. The van der Waals surface area contributed by atoms with Crippen molar-refractivity contribution in [2.24, 2.45) is 0 Å². The van der Waals surface area contributed by atoms with Crippen LogP contribution in [0.4, 0.5) is 0 Å². The van der Waals surface area contributed by atoms with Crippen LogP contribution in [0.3, 0.4) is 0 Å². The normalized spacial score (nSPS) is 17.1. The van der Waals surface area contributed by atoms with Gasteiger partial charge >= 0.3 is 11.9 Å². The largest absolute Gasteiger partial charge is 0.489 e. The van der Waals surface area contributed by atoms with E-state index in [1.54, 1.807) is 20.8 Å². The Labute approximate surface area is 324 Å². The molecule has 0 spiro atoms. The van der Waals surface area contributed by atoms with Crippen LogP contribution in [0, 0.1) is 27.7 Å². The standard InChI is InChI=1S/C44H60O6S2.2H2/c1-28(2)42(45)48-34(9)39(25-51-37-17-13-11-14-18-37)49-41-32(7)23-36(24-33(41)8)35-21-30(5)40(31(6)22-35)47-26-44(10,50-43(46)29(3)4)27-52-38-19-15-12-16-20-38;;/h21-24,37-38H,1,3,11-20,25-27H2,2,4-10H3;2*1H/b39-34+;;. The van der Waals surface area contributed by atoms with E-state index in [1.807, 2.05) is 30.4 Å². The van der Waals surface area contributed by atoms with Crippen molar-refractivity contribution in [1.29, 1.82) is 0 Å². The van der Waals surface area contributed by atoms with E-state index >= 15 is 0 Å². The van der Waals surface area contributed by atoms with E-state index in [-0.39, 0.29) is 15.4 Å². The maximum atomic E-state index is 12.7. The van der Waals surface area contributed by atoms with Gasteiger partial charge < -0.3 is 18.9 Å². The predicted octanol–water partition coefficient (Wildman–Crippen LogP) is 12.2. The number of hydrogen-bond acceptors (Lipinski definition) is 8. The van der Waals surface area contributed by atoms with Gasteiger partial charge in [0.25, 0.3) is 0 Å². The van der Waals surface area contributed by atoms with Crippen molar-refractivity contribution in [3.05, 3.63) is 82.3 Å². The summed E-state index contributed by atoms with van der Waals surface area (Å²) in [7, 11) is 0. The van der Waals surface area contributed by atoms with Gasteiger partial charge in [-0.2, -0.15) is 23.5 Å². The zero-order chi connectivity index (χ0) is 38.0. The average molecular weight is 753 g/mol. The van der Waals surface area contributed by atoms with Crippen LogP contribution in [0.2, 0.25) is 0 Å². The van der Waals surface area contributed by atoms with Gasteiger partial charge in [0, 0.05) is 30.3 Å². The van der Waals surface area contributed by atoms with Gasteiger partial charge in [0.2, 0.25) is 0 Å². The molecule has 0 saturated heterocycles. The second-order valence-corrected chi connectivity index (χ2v) is 17.8. The highest BCUT2D eigenvalue weighted by molar-refractivity contribution is 8.00. The molecule has 0 amide bonds. The van der Waals surface area contributed by atoms with Crippen LogP contribution in [-0.2, 0) is 19.1 Å². The van der Waals surface area contributed by atoms with E-state index in [1.165, 1.54) is 64.2 Å². The number of allylic oxidation sites excluding steroid dienone is 1. The molecule has 0 radical (unpaired) electrons. The van der Waals surface area contributed by atoms with Crippen molar-refractivity contribution in [3.63, 3.8) is 0 Å². The molecule has 0 aliphatic heterocycles. The summed E-state index contributed by atoms with van der Waals surface area (Å²) < 4.78 is 24.8. The molecule has 2 aliphatic rings. The number of aryl methyl sites for hydroxylation is 4. The molecule has 2 saturated carbocycles. The second-order valence-electron chi connectivity index (χ2n) is 15.2. The molecule has 0 N–H and O–H groups in total. The van der Waals surface area contributed by atoms with Crippen molar-refractivity contribution >= 4 is 35.5 Å². The number of benzene rings is 2. The van der Waals surface area contributed by atoms with E-state index < -0.39 is 11.6 Å². The van der Waals surface area contributed by atoms with Gasteiger partial charge in [-0.25, -0.2) is 9.59 Å². The predicted molar refractivity (Wildman–Crippen MR) is 223 cm³/mol. The van der Waals surface area contributed by atoms with Crippen LogP contribution in [0.15, 0.2) is 60.1 Å². The first kappa shape index (κ1) is 41.7. The third-order valence-corrected chi connectivity index (χ3v) is 12.9. The summed E-state index contributed by atoms with van der Waals surface area (Å²) in [4.78, 5) is 25.1. The number of rotatable bonds is 16. The summed E-state index contributed by atoms with van der Waals surface area (Å²) in [6, 6.07) is 8.60. The van der Waals surface area contributed by atoms with Crippen LogP contribution >= 0.6 is 23.5 Å². The lowest BCUT2D eigenvalue weighted by Crippen LogP contribution is -2.41. The van der Waals surface area contributed by atoms with Gasteiger partial charge in [-0.15, -0.1) is 0 Å². The lowest BCUT2D eigenvalue weighted by molar-refractivity contribution is -0.153. The van der Waals surface area contributed by atoms with Crippen LogP contribution in [0.1, 0.15) is 117 Å². The molecule has 2 aromatic carbocycles. The Bertz CT molecular complexity index is 1610. The molecule has 2 aliphatic carbocycles. The monoisotopic (exact) mass is 752 g/mol. The number of carbonyl (C=O) groups is 2. The Morgan fingerprint density at radius 2 is 1.19 bits per heavy atom. The van der Waals surface area contributed by atoms with E-state index in [0.717, 1.165) is 44.9 Å². The van der Waals surface area contributed by atoms with Crippen LogP contribution in [0.5, 0.6) is 11.5 Å². The molecule has 0 aromatic heterocycles. The molecule has 1 unspecified atom stereocenters. The van der Waals surface area contributed by atoms with Crippen LogP contribution in [0.25, 0.3) is 11.1 Å². The molecule has 2 aromatic rings. The molecule has 1 atom stereocenters. The fourth-order valence-electron chi connectivity index (χ4n) is 6.82. The molecule has 0 bridgehead atoms. The van der Waals surface area contributed by atoms with Crippen molar-refractivity contribution in [2.45, 2.75) is 136 Å². The Morgan fingerprint density at radius 1 is 0.731 bits per heavy atom. The van der Waals surface area contributed by atoms with Gasteiger partial charge in [0.05, 0.1) is 5.75 Å². The number of carbonyl (C=O) groups excluding carboxylic acids is 2. The average Bonchev–Trinajstić information content (AvgIpc) is 3.10. The Balaban J connectivity index is 0.00000504. The Kier molecular flexibility index (Phi) is 15.5. The quantitative estimate of drug-likeness (QED) is 0.0953. The fourth-order valence-corrected chi connectivity index (χ4v) is 9.53. The van der Waals surface area contributed by atoms with Gasteiger partial charge in [0.15, 0.2) is 11.4 Å². The van der Waals surface area contributed by atoms with Crippen molar-refractivity contribution in [3.8, 4) is 22.6 Å². The van der Waals surface area contributed by atoms with E-state index in [0.29, 0.717) is 44.7 Å². The lowest BCUT2D eigenvalue weighted by Gasteiger charge is -2.32. The van der Waals surface area contributed by atoms with E-state index in [4.69, 9.17) is 18.9 Å². The minimum atomic E-state index is -0.789. The Morgan fingerprint density at radius 3 is 1.67 bits per heavy atom. The number of hydrogen-bond donors (Lipinski definition) is 0. The molecule has 8 heteroatoms. The summed E-state index contributed by atoms with van der Waals surface area (Å²) in [5.74, 6) is 3.19. The zero-order valence-electron chi connectivity index (χ0n) is 32.8. The minimum absolute atomic E-state index is 0. The zero-order valence-corrected chi connectivity index (χ0v) is 34.5. The third kappa shape index (κ3) is 12.0. The maximum Gasteiger partial charge on any atom is 0.338 e. The van der Waals surface area contributed by atoms with E-state index in [9.17, 15) is 9.59 Å². The summed E-state index contributed by atoms with van der Waals surface area (Å²) in [6.07, 6.45) is 12.5. The van der Waals surface area contributed by atoms with Crippen LogP contribution < -0.4 is 9.47 Å².